The Morgan fingerprint density at radius 1 is 1.22 bits per heavy atom. The van der Waals surface area contributed by atoms with Crippen LogP contribution in [0.2, 0.25) is 5.28 Å². The van der Waals surface area contributed by atoms with Crippen LogP contribution in [0, 0.1) is 11.3 Å². The van der Waals surface area contributed by atoms with Gasteiger partial charge >= 0.3 is 12.2 Å². The number of fused-ring (bicyclic) bond motifs is 1. The number of aromatic nitrogens is 2. The third-order valence-electron chi connectivity index (χ3n) is 5.55. The summed E-state index contributed by atoms with van der Waals surface area (Å²) in [5.41, 5.74) is 2.15. The average molecular weight is 457 g/mol. The fraction of sp³-hybridized carbons (Fsp3) is 0.381. The lowest BCUT2D eigenvalue weighted by atomic mass is 10.1. The van der Waals surface area contributed by atoms with Crippen molar-refractivity contribution in [3.63, 3.8) is 0 Å². The quantitative estimate of drug-likeness (QED) is 0.696. The second-order valence-electron chi connectivity index (χ2n) is 7.58. The predicted molar refractivity (Wildman–Crippen MR) is 114 cm³/mol. The van der Waals surface area contributed by atoms with E-state index in [-0.39, 0.29) is 31.4 Å². The third kappa shape index (κ3) is 4.53. The fourth-order valence-electron chi connectivity index (χ4n) is 3.98. The van der Waals surface area contributed by atoms with Crippen LogP contribution in [0.4, 0.5) is 15.4 Å². The van der Waals surface area contributed by atoms with Gasteiger partial charge < -0.3 is 19.6 Å². The highest BCUT2D eigenvalue weighted by molar-refractivity contribution is 6.28. The molecule has 0 saturated carbocycles. The standard InChI is InChI=1S/C21H21ClN6O4/c22-19-24-17-12-27(20(29)30)11-16(17)18(25-19)26-8-9-28(15(10-26)6-7-23)21(31)32-13-14-4-2-1-3-5-14/h1-5,15H,6,8-13H2,(H,29,30)/t15-/m0/s1. The van der Waals surface area contributed by atoms with E-state index in [1.54, 1.807) is 4.90 Å². The Hall–Kier alpha value is -3.58. The van der Waals surface area contributed by atoms with Crippen LogP contribution in [0.15, 0.2) is 30.3 Å². The zero-order valence-corrected chi connectivity index (χ0v) is 17.9. The highest BCUT2D eigenvalue weighted by atomic mass is 35.5. The molecule has 11 heteroatoms. The number of piperazine rings is 1. The third-order valence-corrected chi connectivity index (χ3v) is 5.72. The number of rotatable bonds is 4. The maximum absolute atomic E-state index is 12.7. The summed E-state index contributed by atoms with van der Waals surface area (Å²) in [4.78, 5) is 37.4. The molecular weight excluding hydrogens is 436 g/mol. The molecule has 2 aliphatic rings. The van der Waals surface area contributed by atoms with Crippen molar-refractivity contribution >= 4 is 29.6 Å². The number of carbonyl (C=O) groups is 2. The van der Waals surface area contributed by atoms with Crippen LogP contribution in [-0.4, -0.2) is 62.7 Å². The number of hydrogen-bond acceptors (Lipinski definition) is 7. The molecule has 2 aromatic rings. The number of amides is 2. The van der Waals surface area contributed by atoms with Gasteiger partial charge in [0.2, 0.25) is 5.28 Å². The normalized spacial score (nSPS) is 17.6. The molecule has 1 aromatic heterocycles. The van der Waals surface area contributed by atoms with E-state index in [1.807, 2.05) is 35.2 Å². The highest BCUT2D eigenvalue weighted by Crippen LogP contribution is 2.32. The summed E-state index contributed by atoms with van der Waals surface area (Å²) in [5.74, 6) is 0.545. The van der Waals surface area contributed by atoms with Crippen molar-refractivity contribution in [2.45, 2.75) is 32.2 Å². The number of ether oxygens (including phenoxy) is 1. The largest absolute Gasteiger partial charge is 0.465 e. The number of halogens is 1. The Morgan fingerprint density at radius 3 is 2.72 bits per heavy atom. The van der Waals surface area contributed by atoms with Crippen molar-refractivity contribution in [3.05, 3.63) is 52.4 Å². The molecule has 0 unspecified atom stereocenters. The van der Waals surface area contributed by atoms with Gasteiger partial charge in [0.15, 0.2) is 0 Å². The van der Waals surface area contributed by atoms with Crippen LogP contribution in [-0.2, 0) is 24.4 Å². The molecule has 1 saturated heterocycles. The molecule has 10 nitrogen and oxygen atoms in total. The lowest BCUT2D eigenvalue weighted by Crippen LogP contribution is -2.55. The first-order valence-corrected chi connectivity index (χ1v) is 10.5. The molecule has 0 aliphatic carbocycles. The Morgan fingerprint density at radius 2 is 2.00 bits per heavy atom. The van der Waals surface area contributed by atoms with Gasteiger partial charge in [0.25, 0.3) is 0 Å². The number of benzene rings is 1. The molecule has 1 N–H and O–H groups in total. The molecule has 0 bridgehead atoms. The molecule has 2 amide bonds. The van der Waals surface area contributed by atoms with Crippen LogP contribution < -0.4 is 4.90 Å². The Balaban J connectivity index is 1.49. The van der Waals surface area contributed by atoms with Crippen molar-refractivity contribution in [1.82, 2.24) is 19.8 Å². The molecule has 4 rings (SSSR count). The number of carboxylic acid groups (broad SMARTS) is 1. The Labute approximate surface area is 189 Å². The SMILES string of the molecule is N#CC[C@H]1CN(c2nc(Cl)nc3c2CN(C(=O)O)C3)CCN1C(=O)OCc1ccccc1. The van der Waals surface area contributed by atoms with Crippen molar-refractivity contribution in [2.24, 2.45) is 0 Å². The van der Waals surface area contributed by atoms with Gasteiger partial charge in [0.05, 0.1) is 37.3 Å². The summed E-state index contributed by atoms with van der Waals surface area (Å²) in [6, 6.07) is 11.1. The van der Waals surface area contributed by atoms with E-state index in [1.165, 1.54) is 4.90 Å². The summed E-state index contributed by atoms with van der Waals surface area (Å²) in [6.45, 7) is 1.58. The molecule has 166 valence electrons. The van der Waals surface area contributed by atoms with Crippen molar-refractivity contribution < 1.29 is 19.4 Å². The van der Waals surface area contributed by atoms with Gasteiger partial charge in [0, 0.05) is 25.2 Å². The maximum Gasteiger partial charge on any atom is 0.410 e. The summed E-state index contributed by atoms with van der Waals surface area (Å²) in [5, 5.41) is 18.7. The Bertz CT molecular complexity index is 1060. The topological polar surface area (TPSA) is 123 Å². The van der Waals surface area contributed by atoms with Crippen molar-refractivity contribution in [3.8, 4) is 6.07 Å². The maximum atomic E-state index is 12.7. The van der Waals surface area contributed by atoms with Gasteiger partial charge in [-0.25, -0.2) is 19.6 Å². The van der Waals surface area contributed by atoms with E-state index in [0.717, 1.165) is 5.56 Å². The van der Waals surface area contributed by atoms with Gasteiger partial charge in [-0.1, -0.05) is 30.3 Å². The van der Waals surface area contributed by atoms with E-state index in [2.05, 4.69) is 16.0 Å². The Kier molecular flexibility index (Phi) is 6.28. The predicted octanol–water partition coefficient (Wildman–Crippen LogP) is 2.86. The molecular formula is C21H21ClN6O4. The highest BCUT2D eigenvalue weighted by Gasteiger charge is 2.35. The summed E-state index contributed by atoms with van der Waals surface area (Å²) in [6.07, 6.45) is -1.39. The zero-order chi connectivity index (χ0) is 22.7. The minimum atomic E-state index is -1.04. The van der Waals surface area contributed by atoms with Gasteiger partial charge in [-0.2, -0.15) is 5.26 Å². The molecule has 1 aromatic carbocycles. The molecule has 0 spiro atoms. The number of anilines is 1. The van der Waals surface area contributed by atoms with Crippen LogP contribution in [0.25, 0.3) is 0 Å². The first kappa shape index (κ1) is 21.6. The van der Waals surface area contributed by atoms with Gasteiger partial charge in [-0.05, 0) is 17.2 Å². The number of hydrogen-bond donors (Lipinski definition) is 1. The number of carbonyl (C=O) groups excluding carboxylic acids is 1. The van der Waals surface area contributed by atoms with E-state index >= 15 is 0 Å². The number of nitriles is 1. The first-order valence-electron chi connectivity index (χ1n) is 10.1. The lowest BCUT2D eigenvalue weighted by Gasteiger charge is -2.40. The monoisotopic (exact) mass is 456 g/mol. The van der Waals surface area contributed by atoms with Gasteiger partial charge in [0.1, 0.15) is 12.4 Å². The smallest absolute Gasteiger partial charge is 0.410 e. The lowest BCUT2D eigenvalue weighted by molar-refractivity contribution is 0.0767. The fourth-order valence-corrected chi connectivity index (χ4v) is 4.16. The molecule has 1 atom stereocenters. The van der Waals surface area contributed by atoms with E-state index in [0.29, 0.717) is 36.7 Å². The molecule has 2 aliphatic heterocycles. The van der Waals surface area contributed by atoms with E-state index < -0.39 is 18.2 Å². The average Bonchev–Trinajstić information content (AvgIpc) is 3.22. The summed E-state index contributed by atoms with van der Waals surface area (Å²) in [7, 11) is 0. The van der Waals surface area contributed by atoms with Crippen molar-refractivity contribution in [1.29, 1.82) is 5.26 Å². The summed E-state index contributed by atoms with van der Waals surface area (Å²) >= 11 is 6.10. The van der Waals surface area contributed by atoms with Crippen LogP contribution in [0.3, 0.4) is 0 Å². The van der Waals surface area contributed by atoms with Crippen LogP contribution in [0.5, 0.6) is 0 Å². The second-order valence-corrected chi connectivity index (χ2v) is 7.91. The van der Waals surface area contributed by atoms with Crippen molar-refractivity contribution in [2.75, 3.05) is 24.5 Å². The van der Waals surface area contributed by atoms with Crippen LogP contribution >= 0.6 is 11.6 Å². The summed E-state index contributed by atoms with van der Waals surface area (Å²) < 4.78 is 5.46. The first-order chi connectivity index (χ1) is 15.5. The van der Waals surface area contributed by atoms with E-state index in [9.17, 15) is 20.0 Å². The second kappa shape index (κ2) is 9.28. The van der Waals surface area contributed by atoms with Crippen LogP contribution in [0.1, 0.15) is 23.2 Å². The molecule has 3 heterocycles. The molecule has 32 heavy (non-hydrogen) atoms. The number of nitrogens with zero attached hydrogens (tertiary/aromatic N) is 6. The minimum absolute atomic E-state index is 0.0347. The van der Waals surface area contributed by atoms with Gasteiger partial charge in [-0.3, -0.25) is 4.90 Å². The zero-order valence-electron chi connectivity index (χ0n) is 17.1. The molecule has 1 fully saturated rings. The van der Waals surface area contributed by atoms with Gasteiger partial charge in [-0.15, -0.1) is 0 Å². The molecule has 0 radical (unpaired) electrons. The minimum Gasteiger partial charge on any atom is -0.465 e. The van der Waals surface area contributed by atoms with E-state index in [4.69, 9.17) is 16.3 Å².